The number of rotatable bonds is 5. The highest BCUT2D eigenvalue weighted by Gasteiger charge is 2.34. The first-order valence-corrected chi connectivity index (χ1v) is 7.16. The van der Waals surface area contributed by atoms with Gasteiger partial charge >= 0.3 is 0 Å². The number of piperidine rings is 1. The SMILES string of the molecule is C=CC(=O)NCC1(C)CCN(C(=O)[C@@H](O)C(C)C)CC1. The number of aliphatic hydroxyl groups excluding tert-OH is 1. The zero-order valence-corrected chi connectivity index (χ0v) is 12.7. The minimum absolute atomic E-state index is 0.00175. The van der Waals surface area contributed by atoms with Crippen molar-refractivity contribution in [3.63, 3.8) is 0 Å². The number of aliphatic hydroxyl groups is 1. The molecule has 0 spiro atoms. The van der Waals surface area contributed by atoms with E-state index < -0.39 is 6.10 Å². The molecule has 114 valence electrons. The van der Waals surface area contributed by atoms with Crippen LogP contribution in [0.1, 0.15) is 33.6 Å². The van der Waals surface area contributed by atoms with Crippen LogP contribution in [0.3, 0.4) is 0 Å². The Hall–Kier alpha value is -1.36. The van der Waals surface area contributed by atoms with Crippen LogP contribution in [-0.2, 0) is 9.59 Å². The van der Waals surface area contributed by atoms with Crippen molar-refractivity contribution in [2.24, 2.45) is 11.3 Å². The third kappa shape index (κ3) is 4.34. The largest absolute Gasteiger partial charge is 0.383 e. The number of carbonyl (C=O) groups excluding carboxylic acids is 2. The van der Waals surface area contributed by atoms with Gasteiger partial charge in [-0.05, 0) is 30.3 Å². The Morgan fingerprint density at radius 1 is 1.40 bits per heavy atom. The summed E-state index contributed by atoms with van der Waals surface area (Å²) in [5.74, 6) is -0.417. The fourth-order valence-corrected chi connectivity index (χ4v) is 2.29. The normalized spacial score (nSPS) is 19.6. The standard InChI is InChI=1S/C15H26N2O3/c1-5-12(18)16-10-15(4)6-8-17(9-7-15)14(20)13(19)11(2)3/h5,11,13,19H,1,6-10H2,2-4H3,(H,16,18)/t13-/m0/s1. The van der Waals surface area contributed by atoms with Crippen molar-refractivity contribution in [2.45, 2.75) is 39.7 Å². The molecule has 1 saturated heterocycles. The van der Waals surface area contributed by atoms with Crippen LogP contribution in [0.5, 0.6) is 0 Å². The van der Waals surface area contributed by atoms with Gasteiger partial charge in [0.25, 0.3) is 5.91 Å². The van der Waals surface area contributed by atoms with Gasteiger partial charge in [-0.2, -0.15) is 0 Å². The van der Waals surface area contributed by atoms with E-state index >= 15 is 0 Å². The Labute approximate surface area is 121 Å². The van der Waals surface area contributed by atoms with Crippen LogP contribution in [0.25, 0.3) is 0 Å². The summed E-state index contributed by atoms with van der Waals surface area (Å²) in [6.07, 6.45) is 1.99. The Morgan fingerprint density at radius 3 is 2.40 bits per heavy atom. The molecule has 1 atom stereocenters. The van der Waals surface area contributed by atoms with Crippen molar-refractivity contribution in [3.05, 3.63) is 12.7 Å². The molecule has 2 N–H and O–H groups in total. The fraction of sp³-hybridized carbons (Fsp3) is 0.733. The van der Waals surface area contributed by atoms with E-state index in [-0.39, 0.29) is 23.1 Å². The summed E-state index contributed by atoms with van der Waals surface area (Å²) in [5, 5.41) is 12.6. The number of hydrogen-bond acceptors (Lipinski definition) is 3. The highest BCUT2D eigenvalue weighted by molar-refractivity contribution is 5.86. The third-order valence-corrected chi connectivity index (χ3v) is 4.04. The van der Waals surface area contributed by atoms with Gasteiger partial charge in [-0.3, -0.25) is 9.59 Å². The van der Waals surface area contributed by atoms with E-state index in [2.05, 4.69) is 18.8 Å². The molecule has 0 aromatic heterocycles. The van der Waals surface area contributed by atoms with Crippen molar-refractivity contribution in [2.75, 3.05) is 19.6 Å². The average molecular weight is 282 g/mol. The predicted octanol–water partition coefficient (Wildman–Crippen LogP) is 0.934. The van der Waals surface area contributed by atoms with Crippen molar-refractivity contribution in [3.8, 4) is 0 Å². The highest BCUT2D eigenvalue weighted by atomic mass is 16.3. The van der Waals surface area contributed by atoms with Gasteiger partial charge in [0.15, 0.2) is 0 Å². The average Bonchev–Trinajstić information content (AvgIpc) is 2.44. The van der Waals surface area contributed by atoms with E-state index in [0.717, 1.165) is 12.8 Å². The van der Waals surface area contributed by atoms with Crippen LogP contribution in [0.2, 0.25) is 0 Å². The maximum atomic E-state index is 12.1. The number of carbonyl (C=O) groups is 2. The van der Waals surface area contributed by atoms with Gasteiger partial charge in [0.2, 0.25) is 5.91 Å². The molecule has 0 radical (unpaired) electrons. The maximum Gasteiger partial charge on any atom is 0.251 e. The fourth-order valence-electron chi connectivity index (χ4n) is 2.29. The van der Waals surface area contributed by atoms with Gasteiger partial charge in [0.1, 0.15) is 6.10 Å². The lowest BCUT2D eigenvalue weighted by Gasteiger charge is -2.40. The minimum atomic E-state index is -0.917. The lowest BCUT2D eigenvalue weighted by Crippen LogP contribution is -2.49. The smallest absolute Gasteiger partial charge is 0.251 e. The Balaban J connectivity index is 2.48. The van der Waals surface area contributed by atoms with Gasteiger partial charge in [-0.25, -0.2) is 0 Å². The first-order chi connectivity index (χ1) is 9.29. The van der Waals surface area contributed by atoms with Crippen LogP contribution in [0.4, 0.5) is 0 Å². The van der Waals surface area contributed by atoms with Crippen LogP contribution in [0.15, 0.2) is 12.7 Å². The summed E-state index contributed by atoms with van der Waals surface area (Å²) in [4.78, 5) is 25.0. The van der Waals surface area contributed by atoms with Crippen LogP contribution in [-0.4, -0.2) is 47.6 Å². The molecule has 0 aromatic carbocycles. The summed E-state index contributed by atoms with van der Waals surface area (Å²) in [5.41, 5.74) is -0.00175. The maximum absolute atomic E-state index is 12.1. The molecule has 0 unspecified atom stereocenters. The molecule has 1 fully saturated rings. The summed E-state index contributed by atoms with van der Waals surface area (Å²) in [6, 6.07) is 0. The summed E-state index contributed by atoms with van der Waals surface area (Å²) < 4.78 is 0. The Bertz CT molecular complexity index is 371. The molecule has 5 nitrogen and oxygen atoms in total. The second kappa shape index (κ2) is 6.88. The lowest BCUT2D eigenvalue weighted by atomic mass is 9.80. The molecular formula is C15H26N2O3. The van der Waals surface area contributed by atoms with Gasteiger partial charge in [0, 0.05) is 19.6 Å². The molecule has 0 aromatic rings. The topological polar surface area (TPSA) is 69.6 Å². The molecule has 1 heterocycles. The molecule has 1 aliphatic rings. The molecular weight excluding hydrogens is 256 g/mol. The molecule has 1 rings (SSSR count). The van der Waals surface area contributed by atoms with Crippen LogP contribution < -0.4 is 5.32 Å². The minimum Gasteiger partial charge on any atom is -0.383 e. The van der Waals surface area contributed by atoms with Crippen molar-refractivity contribution in [1.29, 1.82) is 0 Å². The van der Waals surface area contributed by atoms with Crippen molar-refractivity contribution < 1.29 is 14.7 Å². The molecule has 0 saturated carbocycles. The van der Waals surface area contributed by atoms with E-state index in [9.17, 15) is 14.7 Å². The van der Waals surface area contributed by atoms with Gasteiger partial charge in [-0.15, -0.1) is 0 Å². The van der Waals surface area contributed by atoms with E-state index in [1.54, 1.807) is 4.90 Å². The lowest BCUT2D eigenvalue weighted by molar-refractivity contribution is -0.144. The number of nitrogens with one attached hydrogen (secondary N) is 1. The van der Waals surface area contributed by atoms with Gasteiger partial charge < -0.3 is 15.3 Å². The van der Waals surface area contributed by atoms with E-state index in [1.807, 2.05) is 13.8 Å². The number of hydrogen-bond donors (Lipinski definition) is 2. The summed E-state index contributed by atoms with van der Waals surface area (Å²) in [7, 11) is 0. The van der Waals surface area contributed by atoms with E-state index in [4.69, 9.17) is 0 Å². The molecule has 0 bridgehead atoms. The van der Waals surface area contributed by atoms with Crippen molar-refractivity contribution >= 4 is 11.8 Å². The summed E-state index contributed by atoms with van der Waals surface area (Å²) in [6.45, 7) is 11.0. The van der Waals surface area contributed by atoms with Gasteiger partial charge in [0.05, 0.1) is 0 Å². The monoisotopic (exact) mass is 282 g/mol. The highest BCUT2D eigenvalue weighted by Crippen LogP contribution is 2.30. The molecule has 0 aliphatic carbocycles. The van der Waals surface area contributed by atoms with Gasteiger partial charge in [-0.1, -0.05) is 27.4 Å². The predicted molar refractivity (Wildman–Crippen MR) is 78.0 cm³/mol. The molecule has 1 aliphatic heterocycles. The van der Waals surface area contributed by atoms with E-state index in [1.165, 1.54) is 6.08 Å². The zero-order valence-electron chi connectivity index (χ0n) is 12.7. The number of likely N-dealkylation sites (tertiary alicyclic amines) is 1. The van der Waals surface area contributed by atoms with E-state index in [0.29, 0.717) is 19.6 Å². The zero-order chi connectivity index (χ0) is 15.3. The quantitative estimate of drug-likeness (QED) is 0.737. The first kappa shape index (κ1) is 16.7. The number of nitrogens with zero attached hydrogens (tertiary/aromatic N) is 1. The molecule has 5 heteroatoms. The third-order valence-electron chi connectivity index (χ3n) is 4.04. The van der Waals surface area contributed by atoms with Crippen molar-refractivity contribution in [1.82, 2.24) is 10.2 Å². The second-order valence-electron chi connectivity index (χ2n) is 6.25. The number of amides is 2. The Kier molecular flexibility index (Phi) is 5.74. The molecule has 20 heavy (non-hydrogen) atoms. The first-order valence-electron chi connectivity index (χ1n) is 7.16. The second-order valence-corrected chi connectivity index (χ2v) is 6.25. The van der Waals surface area contributed by atoms with Crippen LogP contribution >= 0.6 is 0 Å². The Morgan fingerprint density at radius 2 is 1.95 bits per heavy atom. The van der Waals surface area contributed by atoms with Crippen LogP contribution in [0, 0.1) is 11.3 Å². The molecule has 2 amide bonds. The summed E-state index contributed by atoms with van der Waals surface area (Å²) >= 11 is 0.